The van der Waals surface area contributed by atoms with Gasteiger partial charge in [0.15, 0.2) is 0 Å². The molecule has 1 aliphatic heterocycles. The van der Waals surface area contributed by atoms with Crippen LogP contribution in [0.1, 0.15) is 24.0 Å². The van der Waals surface area contributed by atoms with Crippen LogP contribution in [-0.2, 0) is 17.6 Å². The highest BCUT2D eigenvalue weighted by molar-refractivity contribution is 6.31. The molecule has 136 valence electrons. The van der Waals surface area contributed by atoms with Crippen molar-refractivity contribution in [1.82, 2.24) is 4.90 Å². The van der Waals surface area contributed by atoms with Crippen molar-refractivity contribution >= 4 is 29.2 Å². The molecule has 3 rings (SSSR count). The SMILES string of the molecule is NC(=O)Cc1ccccc1NC(=O)N1CCCC1Cc1ccccc1Cl. The molecule has 0 bridgehead atoms. The van der Waals surface area contributed by atoms with Crippen molar-refractivity contribution in [3.63, 3.8) is 0 Å². The fourth-order valence-electron chi connectivity index (χ4n) is 3.40. The molecule has 0 aliphatic carbocycles. The Morgan fingerprint density at radius 3 is 2.54 bits per heavy atom. The zero-order valence-electron chi connectivity index (χ0n) is 14.5. The number of urea groups is 1. The van der Waals surface area contributed by atoms with Gasteiger partial charge in [-0.05, 0) is 42.5 Å². The number of benzene rings is 2. The molecular formula is C20H22ClN3O2. The number of carbonyl (C=O) groups excluding carboxylic acids is 2. The minimum absolute atomic E-state index is 0.0967. The Hall–Kier alpha value is -2.53. The number of nitrogens with zero attached hydrogens (tertiary/aromatic N) is 1. The lowest BCUT2D eigenvalue weighted by Crippen LogP contribution is -2.40. The van der Waals surface area contributed by atoms with Crippen molar-refractivity contribution in [2.24, 2.45) is 5.73 Å². The van der Waals surface area contributed by atoms with E-state index in [9.17, 15) is 9.59 Å². The van der Waals surface area contributed by atoms with E-state index in [0.717, 1.165) is 35.4 Å². The Morgan fingerprint density at radius 1 is 1.12 bits per heavy atom. The van der Waals surface area contributed by atoms with E-state index in [1.807, 2.05) is 41.3 Å². The topological polar surface area (TPSA) is 75.4 Å². The lowest BCUT2D eigenvalue weighted by atomic mass is 10.0. The van der Waals surface area contributed by atoms with Crippen molar-refractivity contribution in [3.8, 4) is 0 Å². The summed E-state index contributed by atoms with van der Waals surface area (Å²) in [4.78, 5) is 25.9. The molecule has 26 heavy (non-hydrogen) atoms. The molecule has 0 spiro atoms. The lowest BCUT2D eigenvalue weighted by molar-refractivity contribution is -0.117. The van der Waals surface area contributed by atoms with Crippen molar-refractivity contribution in [2.45, 2.75) is 31.7 Å². The smallest absolute Gasteiger partial charge is 0.322 e. The summed E-state index contributed by atoms with van der Waals surface area (Å²) in [6.07, 6.45) is 2.74. The van der Waals surface area contributed by atoms with E-state index in [4.69, 9.17) is 17.3 Å². The average molecular weight is 372 g/mol. The minimum atomic E-state index is -0.426. The second-order valence-corrected chi connectivity index (χ2v) is 6.92. The number of rotatable bonds is 5. The molecule has 0 radical (unpaired) electrons. The molecule has 1 aliphatic rings. The van der Waals surface area contributed by atoms with Crippen molar-refractivity contribution < 1.29 is 9.59 Å². The van der Waals surface area contributed by atoms with Gasteiger partial charge in [0, 0.05) is 23.3 Å². The van der Waals surface area contributed by atoms with E-state index >= 15 is 0 Å². The summed E-state index contributed by atoms with van der Waals surface area (Å²) in [7, 11) is 0. The highest BCUT2D eigenvalue weighted by Crippen LogP contribution is 2.26. The third kappa shape index (κ3) is 4.35. The average Bonchev–Trinajstić information content (AvgIpc) is 3.06. The van der Waals surface area contributed by atoms with Gasteiger partial charge < -0.3 is 16.0 Å². The quantitative estimate of drug-likeness (QED) is 0.842. The molecule has 6 heteroatoms. The van der Waals surface area contributed by atoms with E-state index in [1.165, 1.54) is 0 Å². The standard InChI is InChI=1S/C20H22ClN3O2/c21-17-9-3-1-6-14(17)12-16-8-5-11-24(16)20(26)23-18-10-4-2-7-15(18)13-19(22)25/h1-4,6-7,9-10,16H,5,8,11-13H2,(H2,22,25)(H,23,26). The highest BCUT2D eigenvalue weighted by Gasteiger charge is 2.29. The van der Waals surface area contributed by atoms with Crippen LogP contribution in [0.3, 0.4) is 0 Å². The zero-order chi connectivity index (χ0) is 18.5. The predicted molar refractivity (Wildman–Crippen MR) is 103 cm³/mol. The van der Waals surface area contributed by atoms with Gasteiger partial charge in [0.1, 0.15) is 0 Å². The van der Waals surface area contributed by atoms with Crippen LogP contribution in [0.25, 0.3) is 0 Å². The monoisotopic (exact) mass is 371 g/mol. The number of amides is 3. The first kappa shape index (κ1) is 18.3. The van der Waals surface area contributed by atoms with Gasteiger partial charge in [0.25, 0.3) is 0 Å². The number of anilines is 1. The van der Waals surface area contributed by atoms with E-state index in [-0.39, 0.29) is 18.5 Å². The fraction of sp³-hybridized carbons (Fsp3) is 0.300. The van der Waals surface area contributed by atoms with Crippen LogP contribution in [0.2, 0.25) is 5.02 Å². The van der Waals surface area contributed by atoms with Gasteiger partial charge in [0.2, 0.25) is 5.91 Å². The second-order valence-electron chi connectivity index (χ2n) is 6.52. The predicted octanol–water partition coefficient (Wildman–Crippen LogP) is 3.61. The Balaban J connectivity index is 1.71. The number of primary amides is 1. The molecule has 3 amide bonds. The van der Waals surface area contributed by atoms with Crippen LogP contribution in [0.5, 0.6) is 0 Å². The third-order valence-corrected chi connectivity index (χ3v) is 5.04. The van der Waals surface area contributed by atoms with Crippen LogP contribution in [0, 0.1) is 0 Å². The number of nitrogens with one attached hydrogen (secondary N) is 1. The zero-order valence-corrected chi connectivity index (χ0v) is 15.2. The normalized spacial score (nSPS) is 16.5. The molecule has 5 nitrogen and oxygen atoms in total. The van der Waals surface area contributed by atoms with Gasteiger partial charge in [-0.25, -0.2) is 4.79 Å². The van der Waals surface area contributed by atoms with Crippen LogP contribution in [0.15, 0.2) is 48.5 Å². The highest BCUT2D eigenvalue weighted by atomic mass is 35.5. The first-order chi connectivity index (χ1) is 12.5. The summed E-state index contributed by atoms with van der Waals surface area (Å²) in [5.74, 6) is -0.426. The van der Waals surface area contributed by atoms with Gasteiger partial charge in [-0.2, -0.15) is 0 Å². The first-order valence-corrected chi connectivity index (χ1v) is 9.09. The van der Waals surface area contributed by atoms with Crippen LogP contribution >= 0.6 is 11.6 Å². The molecule has 0 aromatic heterocycles. The summed E-state index contributed by atoms with van der Waals surface area (Å²) >= 11 is 6.27. The molecule has 0 saturated carbocycles. The van der Waals surface area contributed by atoms with Gasteiger partial charge in [-0.3, -0.25) is 4.79 Å². The van der Waals surface area contributed by atoms with Gasteiger partial charge in [-0.1, -0.05) is 48.0 Å². The van der Waals surface area contributed by atoms with Crippen LogP contribution in [-0.4, -0.2) is 29.4 Å². The van der Waals surface area contributed by atoms with Crippen molar-refractivity contribution in [1.29, 1.82) is 0 Å². The Labute approximate surface area is 158 Å². The lowest BCUT2D eigenvalue weighted by Gasteiger charge is -2.26. The molecule has 1 heterocycles. The largest absolute Gasteiger partial charge is 0.369 e. The molecule has 2 aromatic carbocycles. The molecule has 1 fully saturated rings. The molecule has 1 saturated heterocycles. The van der Waals surface area contributed by atoms with E-state index in [0.29, 0.717) is 12.2 Å². The molecular weight excluding hydrogens is 350 g/mol. The van der Waals surface area contributed by atoms with Gasteiger partial charge >= 0.3 is 6.03 Å². The Morgan fingerprint density at radius 2 is 1.81 bits per heavy atom. The number of hydrogen-bond acceptors (Lipinski definition) is 2. The summed E-state index contributed by atoms with van der Waals surface area (Å²) in [5.41, 5.74) is 7.69. The van der Waals surface area contributed by atoms with Crippen molar-refractivity contribution in [3.05, 3.63) is 64.7 Å². The number of hydrogen-bond donors (Lipinski definition) is 2. The molecule has 1 atom stereocenters. The van der Waals surface area contributed by atoms with E-state index in [2.05, 4.69) is 5.32 Å². The maximum Gasteiger partial charge on any atom is 0.322 e. The molecule has 3 N–H and O–H groups in total. The summed E-state index contributed by atoms with van der Waals surface area (Å²) < 4.78 is 0. The van der Waals surface area contributed by atoms with Gasteiger partial charge in [0.05, 0.1) is 6.42 Å². The first-order valence-electron chi connectivity index (χ1n) is 8.72. The summed E-state index contributed by atoms with van der Waals surface area (Å²) in [6.45, 7) is 0.707. The fourth-order valence-corrected chi connectivity index (χ4v) is 3.62. The van der Waals surface area contributed by atoms with Gasteiger partial charge in [-0.15, -0.1) is 0 Å². The maximum atomic E-state index is 12.8. The molecule has 1 unspecified atom stereocenters. The number of halogens is 1. The molecule has 2 aromatic rings. The van der Waals surface area contributed by atoms with Crippen LogP contribution < -0.4 is 11.1 Å². The summed E-state index contributed by atoms with van der Waals surface area (Å²) in [5, 5.41) is 3.66. The second kappa shape index (κ2) is 8.23. The van der Waals surface area contributed by atoms with Crippen molar-refractivity contribution in [2.75, 3.05) is 11.9 Å². The number of para-hydroxylation sites is 1. The van der Waals surface area contributed by atoms with E-state index in [1.54, 1.807) is 12.1 Å². The number of nitrogens with two attached hydrogens (primary N) is 1. The minimum Gasteiger partial charge on any atom is -0.369 e. The number of likely N-dealkylation sites (tertiary alicyclic amines) is 1. The maximum absolute atomic E-state index is 12.8. The Bertz CT molecular complexity index is 809. The number of carbonyl (C=O) groups is 2. The Kier molecular flexibility index (Phi) is 5.78. The van der Waals surface area contributed by atoms with E-state index < -0.39 is 5.91 Å². The van der Waals surface area contributed by atoms with Crippen LogP contribution in [0.4, 0.5) is 10.5 Å². The summed E-state index contributed by atoms with van der Waals surface area (Å²) in [6, 6.07) is 14.9. The third-order valence-electron chi connectivity index (χ3n) is 4.68.